The Bertz CT molecular complexity index is 656. The summed E-state index contributed by atoms with van der Waals surface area (Å²) >= 11 is 0. The standard InChI is InChI=1S/C17H17N3O/c18-11-14-2-1-3-15(10-14)12-20-17(21)9-6-13-4-7-16(19)8-5-13/h1-5,7-8,10H,6,9,12,19H2,(H,20,21). The Kier molecular flexibility index (Phi) is 4.94. The smallest absolute Gasteiger partial charge is 0.220 e. The van der Waals surface area contributed by atoms with Gasteiger partial charge >= 0.3 is 0 Å². The predicted molar refractivity (Wildman–Crippen MR) is 82.2 cm³/mol. The lowest BCUT2D eigenvalue weighted by molar-refractivity contribution is -0.121. The fraction of sp³-hybridized carbons (Fsp3) is 0.176. The molecule has 2 aromatic rings. The van der Waals surface area contributed by atoms with Gasteiger partial charge in [0.2, 0.25) is 5.91 Å². The number of carbonyl (C=O) groups excluding carboxylic acids is 1. The zero-order valence-corrected chi connectivity index (χ0v) is 11.7. The first-order chi connectivity index (χ1) is 10.2. The van der Waals surface area contributed by atoms with Crippen molar-refractivity contribution in [3.05, 3.63) is 65.2 Å². The van der Waals surface area contributed by atoms with E-state index in [-0.39, 0.29) is 5.91 Å². The molecule has 0 saturated heterocycles. The monoisotopic (exact) mass is 279 g/mol. The van der Waals surface area contributed by atoms with Gasteiger partial charge in [-0.3, -0.25) is 4.79 Å². The summed E-state index contributed by atoms with van der Waals surface area (Å²) in [6.07, 6.45) is 1.12. The van der Waals surface area contributed by atoms with Gasteiger partial charge in [-0.25, -0.2) is 0 Å². The topological polar surface area (TPSA) is 78.9 Å². The predicted octanol–water partition coefficient (Wildman–Crippen LogP) is 2.39. The maximum absolute atomic E-state index is 11.8. The highest BCUT2D eigenvalue weighted by atomic mass is 16.1. The second-order valence-electron chi connectivity index (χ2n) is 4.83. The number of benzene rings is 2. The molecule has 106 valence electrons. The van der Waals surface area contributed by atoms with Crippen LogP contribution in [0.5, 0.6) is 0 Å². The molecule has 2 rings (SSSR count). The Balaban J connectivity index is 1.79. The average molecular weight is 279 g/mol. The minimum Gasteiger partial charge on any atom is -0.399 e. The summed E-state index contributed by atoms with van der Waals surface area (Å²) in [4.78, 5) is 11.8. The number of hydrogen-bond acceptors (Lipinski definition) is 3. The lowest BCUT2D eigenvalue weighted by atomic mass is 10.1. The van der Waals surface area contributed by atoms with E-state index in [1.54, 1.807) is 12.1 Å². The van der Waals surface area contributed by atoms with Gasteiger partial charge in [-0.1, -0.05) is 24.3 Å². The molecule has 2 aromatic carbocycles. The summed E-state index contributed by atoms with van der Waals surface area (Å²) in [5.74, 6) is -0.00538. The SMILES string of the molecule is N#Cc1cccc(CNC(=O)CCc2ccc(N)cc2)c1. The van der Waals surface area contributed by atoms with Gasteiger partial charge in [-0.15, -0.1) is 0 Å². The van der Waals surface area contributed by atoms with Crippen molar-refractivity contribution in [1.29, 1.82) is 5.26 Å². The average Bonchev–Trinajstić information content (AvgIpc) is 2.52. The van der Waals surface area contributed by atoms with E-state index in [1.165, 1.54) is 0 Å². The second-order valence-corrected chi connectivity index (χ2v) is 4.83. The molecule has 0 saturated carbocycles. The molecule has 0 radical (unpaired) electrons. The van der Waals surface area contributed by atoms with Gasteiger partial charge in [0.05, 0.1) is 11.6 Å². The quantitative estimate of drug-likeness (QED) is 0.825. The third-order valence-corrected chi connectivity index (χ3v) is 3.17. The molecule has 4 heteroatoms. The Morgan fingerprint density at radius 1 is 1.14 bits per heavy atom. The lowest BCUT2D eigenvalue weighted by Crippen LogP contribution is -2.23. The van der Waals surface area contributed by atoms with Crippen LogP contribution in [0, 0.1) is 11.3 Å². The first-order valence-electron chi connectivity index (χ1n) is 6.77. The molecule has 0 aliphatic carbocycles. The van der Waals surface area contributed by atoms with Crippen LogP contribution in [-0.2, 0) is 17.8 Å². The fourth-order valence-corrected chi connectivity index (χ4v) is 1.98. The largest absolute Gasteiger partial charge is 0.399 e. The van der Waals surface area contributed by atoms with E-state index in [0.29, 0.717) is 24.9 Å². The first kappa shape index (κ1) is 14.6. The molecule has 0 spiro atoms. The van der Waals surface area contributed by atoms with Crippen molar-refractivity contribution in [1.82, 2.24) is 5.32 Å². The van der Waals surface area contributed by atoms with Gasteiger partial charge < -0.3 is 11.1 Å². The molecule has 0 fully saturated rings. The number of nitrogens with zero attached hydrogens (tertiary/aromatic N) is 1. The lowest BCUT2D eigenvalue weighted by Gasteiger charge is -2.06. The highest BCUT2D eigenvalue weighted by molar-refractivity contribution is 5.76. The third-order valence-electron chi connectivity index (χ3n) is 3.17. The van der Waals surface area contributed by atoms with Crippen LogP contribution in [0.15, 0.2) is 48.5 Å². The molecule has 0 aromatic heterocycles. The number of nitriles is 1. The van der Waals surface area contributed by atoms with Crippen molar-refractivity contribution < 1.29 is 4.79 Å². The van der Waals surface area contributed by atoms with Gasteiger partial charge in [-0.05, 0) is 41.8 Å². The maximum atomic E-state index is 11.8. The zero-order valence-electron chi connectivity index (χ0n) is 11.7. The van der Waals surface area contributed by atoms with Crippen LogP contribution in [0.1, 0.15) is 23.1 Å². The van der Waals surface area contributed by atoms with Crippen LogP contribution in [-0.4, -0.2) is 5.91 Å². The van der Waals surface area contributed by atoms with Crippen LogP contribution in [0.25, 0.3) is 0 Å². The summed E-state index contributed by atoms with van der Waals surface area (Å²) in [6.45, 7) is 0.441. The number of anilines is 1. The van der Waals surface area contributed by atoms with E-state index in [2.05, 4.69) is 11.4 Å². The van der Waals surface area contributed by atoms with Crippen LogP contribution in [0.2, 0.25) is 0 Å². The minimum absolute atomic E-state index is 0.00538. The summed E-state index contributed by atoms with van der Waals surface area (Å²) in [5.41, 5.74) is 8.95. The van der Waals surface area contributed by atoms with E-state index >= 15 is 0 Å². The number of nitrogens with two attached hydrogens (primary N) is 1. The van der Waals surface area contributed by atoms with Crippen LogP contribution in [0.4, 0.5) is 5.69 Å². The molecule has 4 nitrogen and oxygen atoms in total. The fourth-order valence-electron chi connectivity index (χ4n) is 1.98. The second kappa shape index (κ2) is 7.11. The number of nitrogen functional groups attached to an aromatic ring is 1. The van der Waals surface area contributed by atoms with E-state index in [1.807, 2.05) is 36.4 Å². The molecule has 0 aliphatic heterocycles. The number of carbonyl (C=O) groups is 1. The van der Waals surface area contributed by atoms with Crippen LogP contribution >= 0.6 is 0 Å². The molecule has 1 amide bonds. The van der Waals surface area contributed by atoms with Crippen molar-refractivity contribution in [2.75, 3.05) is 5.73 Å². The summed E-state index contributed by atoms with van der Waals surface area (Å²) in [6, 6.07) is 16.8. The molecule has 3 N–H and O–H groups in total. The molecule has 0 atom stereocenters. The van der Waals surface area contributed by atoms with E-state index in [4.69, 9.17) is 11.0 Å². The minimum atomic E-state index is -0.00538. The van der Waals surface area contributed by atoms with Crippen LogP contribution in [0.3, 0.4) is 0 Å². The highest BCUT2D eigenvalue weighted by Gasteiger charge is 2.03. The number of hydrogen-bond donors (Lipinski definition) is 2. The summed E-state index contributed by atoms with van der Waals surface area (Å²) in [5, 5.41) is 11.7. The first-order valence-corrected chi connectivity index (χ1v) is 6.77. The normalized spacial score (nSPS) is 9.86. The molecule has 0 unspecified atom stereocenters. The molecular weight excluding hydrogens is 262 g/mol. The number of rotatable bonds is 5. The summed E-state index contributed by atoms with van der Waals surface area (Å²) < 4.78 is 0. The van der Waals surface area contributed by atoms with E-state index < -0.39 is 0 Å². The molecular formula is C17H17N3O. The van der Waals surface area contributed by atoms with E-state index in [0.717, 1.165) is 16.8 Å². The Morgan fingerprint density at radius 3 is 2.62 bits per heavy atom. The maximum Gasteiger partial charge on any atom is 0.220 e. The number of amides is 1. The molecule has 21 heavy (non-hydrogen) atoms. The van der Waals surface area contributed by atoms with Gasteiger partial charge in [-0.2, -0.15) is 5.26 Å². The van der Waals surface area contributed by atoms with Crippen molar-refractivity contribution in [3.63, 3.8) is 0 Å². The van der Waals surface area contributed by atoms with Crippen molar-refractivity contribution in [2.45, 2.75) is 19.4 Å². The van der Waals surface area contributed by atoms with Gasteiger partial charge in [0.25, 0.3) is 0 Å². The number of aryl methyl sites for hydroxylation is 1. The van der Waals surface area contributed by atoms with Crippen molar-refractivity contribution >= 4 is 11.6 Å². The zero-order chi connectivity index (χ0) is 15.1. The Hall–Kier alpha value is -2.80. The van der Waals surface area contributed by atoms with Crippen LogP contribution < -0.4 is 11.1 Å². The van der Waals surface area contributed by atoms with Gasteiger partial charge in [0.1, 0.15) is 0 Å². The molecule has 0 bridgehead atoms. The van der Waals surface area contributed by atoms with E-state index in [9.17, 15) is 4.79 Å². The number of nitrogens with one attached hydrogen (secondary N) is 1. The summed E-state index contributed by atoms with van der Waals surface area (Å²) in [7, 11) is 0. The highest BCUT2D eigenvalue weighted by Crippen LogP contribution is 2.08. The molecule has 0 aliphatic rings. The Labute approximate surface area is 124 Å². The van der Waals surface area contributed by atoms with Crippen molar-refractivity contribution in [3.8, 4) is 6.07 Å². The van der Waals surface area contributed by atoms with Gasteiger partial charge in [0, 0.05) is 18.7 Å². The van der Waals surface area contributed by atoms with Crippen molar-refractivity contribution in [2.24, 2.45) is 0 Å². The molecule has 0 heterocycles. The Morgan fingerprint density at radius 2 is 1.90 bits per heavy atom. The van der Waals surface area contributed by atoms with Gasteiger partial charge in [0.15, 0.2) is 0 Å². The third kappa shape index (κ3) is 4.66.